The van der Waals surface area contributed by atoms with Crippen LogP contribution in [0.15, 0.2) is 22.7 Å². The molecule has 0 aliphatic heterocycles. The fourth-order valence-corrected chi connectivity index (χ4v) is 2.18. The molecule has 1 heterocycles. The zero-order valence-electron chi connectivity index (χ0n) is 9.84. The Balaban J connectivity index is 2.65. The van der Waals surface area contributed by atoms with E-state index in [-0.39, 0.29) is 27.0 Å². The number of hydrogen-bond acceptors (Lipinski definition) is 3. The van der Waals surface area contributed by atoms with Gasteiger partial charge in [0.05, 0.1) is 15.7 Å². The molecule has 0 saturated heterocycles. The van der Waals surface area contributed by atoms with Gasteiger partial charge in [-0.2, -0.15) is 0 Å². The van der Waals surface area contributed by atoms with Crippen LogP contribution < -0.4 is 0 Å². The highest BCUT2D eigenvalue weighted by atomic mass is 79.9. The van der Waals surface area contributed by atoms with Crippen molar-refractivity contribution in [1.29, 1.82) is 0 Å². The van der Waals surface area contributed by atoms with Crippen molar-refractivity contribution in [3.05, 3.63) is 44.8 Å². The molecule has 0 fully saturated rings. The van der Waals surface area contributed by atoms with E-state index in [1.165, 1.54) is 25.3 Å². The van der Waals surface area contributed by atoms with Gasteiger partial charge in [0.2, 0.25) is 0 Å². The smallest absolute Gasteiger partial charge is 0.149 e. The lowest BCUT2D eigenvalue weighted by atomic mass is 10.1. The van der Waals surface area contributed by atoms with Gasteiger partial charge < -0.3 is 9.72 Å². The topological polar surface area (TPSA) is 37.9 Å². The Hall–Kier alpha value is -1.18. The molecule has 1 aromatic heterocycles. The first-order valence-electron chi connectivity index (χ1n) is 5.26. The highest BCUT2D eigenvalue weighted by molar-refractivity contribution is 9.10. The van der Waals surface area contributed by atoms with Crippen LogP contribution in [-0.2, 0) is 11.3 Å². The lowest BCUT2D eigenvalue weighted by Gasteiger charge is -2.08. The largest absolute Gasteiger partial charge is 0.377 e. The molecule has 0 radical (unpaired) electrons. The third-order valence-corrected chi connectivity index (χ3v) is 3.21. The summed E-state index contributed by atoms with van der Waals surface area (Å²) in [5.41, 5.74) is 0.0450. The van der Waals surface area contributed by atoms with Crippen LogP contribution in [0.1, 0.15) is 5.82 Å². The van der Waals surface area contributed by atoms with Gasteiger partial charge in [0.15, 0.2) is 0 Å². The molecule has 1 aromatic carbocycles. The Morgan fingerprint density at radius 1 is 1.42 bits per heavy atom. The number of aromatic amines is 1. The Kier molecular flexibility index (Phi) is 4.38. The molecule has 1 N–H and O–H groups in total. The van der Waals surface area contributed by atoms with E-state index in [2.05, 4.69) is 25.9 Å². The maximum Gasteiger partial charge on any atom is 0.149 e. The molecule has 0 aliphatic carbocycles. The molecule has 2 aromatic rings. The Labute approximate surface area is 121 Å². The zero-order chi connectivity index (χ0) is 14.0. The van der Waals surface area contributed by atoms with Gasteiger partial charge in [0.25, 0.3) is 0 Å². The van der Waals surface area contributed by atoms with Gasteiger partial charge in [0, 0.05) is 7.11 Å². The summed E-state index contributed by atoms with van der Waals surface area (Å²) in [6, 6.07) is 3.89. The summed E-state index contributed by atoms with van der Waals surface area (Å²) in [7, 11) is 1.49. The SMILES string of the molecule is COCc1nc(=S)cc(-c2c(F)ccc(Br)c2F)[nH]1. The first-order valence-corrected chi connectivity index (χ1v) is 6.46. The number of nitrogens with zero attached hydrogens (tertiary/aromatic N) is 1. The molecule has 0 aliphatic rings. The number of aromatic nitrogens is 2. The van der Waals surface area contributed by atoms with Crippen molar-refractivity contribution in [1.82, 2.24) is 9.97 Å². The predicted octanol–water partition coefficient (Wildman–Crippen LogP) is 3.99. The van der Waals surface area contributed by atoms with Crippen LogP contribution in [0, 0.1) is 16.3 Å². The first-order chi connectivity index (χ1) is 9.02. The molecule has 100 valence electrons. The number of hydrogen-bond donors (Lipinski definition) is 1. The summed E-state index contributed by atoms with van der Waals surface area (Å²) in [6.07, 6.45) is 0. The standard InChI is InChI=1S/C12H9BrF2N2OS/c1-18-5-9-16-8(4-10(19)17-9)11-7(14)3-2-6(13)12(11)15/h2-4H,5H2,1H3,(H,16,17,19). The molecule has 7 heteroatoms. The van der Waals surface area contributed by atoms with E-state index >= 15 is 0 Å². The average molecular weight is 347 g/mol. The van der Waals surface area contributed by atoms with Crippen LogP contribution in [0.3, 0.4) is 0 Å². The number of methoxy groups -OCH3 is 1. The van der Waals surface area contributed by atoms with Gasteiger partial charge in [-0.1, -0.05) is 12.2 Å². The van der Waals surface area contributed by atoms with E-state index in [0.29, 0.717) is 5.82 Å². The van der Waals surface area contributed by atoms with Gasteiger partial charge in [-0.3, -0.25) is 0 Å². The summed E-state index contributed by atoms with van der Waals surface area (Å²) < 4.78 is 33.1. The Morgan fingerprint density at radius 3 is 2.84 bits per heavy atom. The van der Waals surface area contributed by atoms with E-state index in [4.69, 9.17) is 17.0 Å². The normalized spacial score (nSPS) is 10.7. The van der Waals surface area contributed by atoms with Gasteiger partial charge >= 0.3 is 0 Å². The van der Waals surface area contributed by atoms with Gasteiger partial charge in [-0.05, 0) is 34.1 Å². The highest BCUT2D eigenvalue weighted by Gasteiger charge is 2.15. The van der Waals surface area contributed by atoms with Crippen LogP contribution in [0.2, 0.25) is 0 Å². The Morgan fingerprint density at radius 2 is 2.16 bits per heavy atom. The number of nitrogens with one attached hydrogen (secondary N) is 1. The van der Waals surface area contributed by atoms with E-state index < -0.39 is 11.6 Å². The fraction of sp³-hybridized carbons (Fsp3) is 0.167. The molecule has 3 nitrogen and oxygen atoms in total. The second-order valence-corrected chi connectivity index (χ2v) is 5.00. The molecule has 19 heavy (non-hydrogen) atoms. The molecular weight excluding hydrogens is 338 g/mol. The van der Waals surface area contributed by atoms with Crippen molar-refractivity contribution in [2.75, 3.05) is 7.11 Å². The van der Waals surface area contributed by atoms with Crippen LogP contribution in [0.25, 0.3) is 11.3 Å². The second kappa shape index (κ2) is 5.85. The van der Waals surface area contributed by atoms with E-state index in [9.17, 15) is 8.78 Å². The predicted molar refractivity (Wildman–Crippen MR) is 73.2 cm³/mol. The van der Waals surface area contributed by atoms with Crippen molar-refractivity contribution in [3.63, 3.8) is 0 Å². The van der Waals surface area contributed by atoms with Crippen molar-refractivity contribution < 1.29 is 13.5 Å². The molecule has 2 rings (SSSR count). The van der Waals surface area contributed by atoms with Crippen LogP contribution in [0.5, 0.6) is 0 Å². The minimum absolute atomic E-state index is 0.174. The molecule has 0 amide bonds. The summed E-state index contributed by atoms with van der Waals surface area (Å²) in [5, 5.41) is 0. The molecule has 0 spiro atoms. The zero-order valence-corrected chi connectivity index (χ0v) is 12.2. The minimum atomic E-state index is -0.694. The summed E-state index contributed by atoms with van der Waals surface area (Å²) >= 11 is 8.00. The quantitative estimate of drug-likeness (QED) is 0.674. The highest BCUT2D eigenvalue weighted by Crippen LogP contribution is 2.29. The fourth-order valence-electron chi connectivity index (χ4n) is 1.62. The van der Waals surface area contributed by atoms with E-state index in [1.807, 2.05) is 0 Å². The summed E-state index contributed by atoms with van der Waals surface area (Å²) in [6.45, 7) is 0.175. The molecule has 0 atom stereocenters. The van der Waals surface area contributed by atoms with Crippen molar-refractivity contribution in [2.24, 2.45) is 0 Å². The molecular formula is C12H9BrF2N2OS. The lowest BCUT2D eigenvalue weighted by Crippen LogP contribution is -2.01. The van der Waals surface area contributed by atoms with E-state index in [1.54, 1.807) is 0 Å². The third-order valence-electron chi connectivity index (χ3n) is 2.39. The monoisotopic (exact) mass is 346 g/mol. The number of halogens is 3. The van der Waals surface area contributed by atoms with E-state index in [0.717, 1.165) is 0 Å². The van der Waals surface area contributed by atoms with Crippen LogP contribution in [-0.4, -0.2) is 17.1 Å². The van der Waals surface area contributed by atoms with Crippen molar-refractivity contribution in [3.8, 4) is 11.3 Å². The van der Waals surface area contributed by atoms with Gasteiger partial charge in [-0.15, -0.1) is 0 Å². The number of rotatable bonds is 3. The number of ether oxygens (including phenoxy) is 1. The molecule has 0 unspecified atom stereocenters. The second-order valence-electron chi connectivity index (χ2n) is 3.73. The third kappa shape index (κ3) is 3.05. The average Bonchev–Trinajstić information content (AvgIpc) is 2.34. The van der Waals surface area contributed by atoms with Crippen molar-refractivity contribution >= 4 is 28.1 Å². The number of H-pyrrole nitrogens is 1. The minimum Gasteiger partial charge on any atom is -0.377 e. The number of benzene rings is 1. The first kappa shape index (κ1) is 14.2. The maximum absolute atomic E-state index is 14.0. The van der Waals surface area contributed by atoms with Gasteiger partial charge in [-0.25, -0.2) is 13.8 Å². The molecule has 0 bridgehead atoms. The molecule has 0 saturated carbocycles. The summed E-state index contributed by atoms with van der Waals surface area (Å²) in [5.74, 6) is -0.968. The van der Waals surface area contributed by atoms with Crippen molar-refractivity contribution in [2.45, 2.75) is 6.61 Å². The lowest BCUT2D eigenvalue weighted by molar-refractivity contribution is 0.177. The van der Waals surface area contributed by atoms with Gasteiger partial charge in [0.1, 0.15) is 28.7 Å². The van der Waals surface area contributed by atoms with Crippen LogP contribution >= 0.6 is 28.1 Å². The maximum atomic E-state index is 14.0. The Bertz CT molecular complexity index is 675. The van der Waals surface area contributed by atoms with Crippen LogP contribution in [0.4, 0.5) is 8.78 Å². The summed E-state index contributed by atoms with van der Waals surface area (Å²) in [4.78, 5) is 6.82.